The lowest BCUT2D eigenvalue weighted by Gasteiger charge is -2.01. The molecule has 1 rings (SSSR count). The fourth-order valence-electron chi connectivity index (χ4n) is 1.34. The summed E-state index contributed by atoms with van der Waals surface area (Å²) < 4.78 is 0. The van der Waals surface area contributed by atoms with E-state index in [4.69, 9.17) is 5.73 Å². The highest BCUT2D eigenvalue weighted by Gasteiger charge is 2.31. The minimum atomic E-state index is 0.841. The number of hydrogen-bond acceptors (Lipinski definition) is 2. The number of unbranched alkanes of at least 4 members (excludes halogenated alkanes) is 2. The van der Waals surface area contributed by atoms with Gasteiger partial charge in [-0.1, -0.05) is 13.3 Å². The van der Waals surface area contributed by atoms with Crippen LogP contribution in [0.3, 0.4) is 0 Å². The summed E-state index contributed by atoms with van der Waals surface area (Å²) in [5.41, 5.74) is 5.38. The first kappa shape index (κ1) is 9.01. The number of nitrogens with one attached hydrogen (secondary N) is 1. The summed E-state index contributed by atoms with van der Waals surface area (Å²) in [6.45, 7) is 4.34. The molecular weight excluding hydrogens is 136 g/mol. The fourth-order valence-corrected chi connectivity index (χ4v) is 1.34. The molecule has 0 heterocycles. The second kappa shape index (κ2) is 4.73. The van der Waals surface area contributed by atoms with E-state index < -0.39 is 0 Å². The molecule has 2 atom stereocenters. The Labute approximate surface area is 69.5 Å². The second-order valence-electron chi connectivity index (χ2n) is 3.62. The van der Waals surface area contributed by atoms with E-state index in [-0.39, 0.29) is 0 Å². The maximum Gasteiger partial charge on any atom is 0.00963 e. The van der Waals surface area contributed by atoms with Crippen molar-refractivity contribution < 1.29 is 0 Å². The Bertz CT molecular complexity index is 104. The Balaban J connectivity index is 1.74. The van der Waals surface area contributed by atoms with Crippen LogP contribution in [-0.2, 0) is 0 Å². The summed E-state index contributed by atoms with van der Waals surface area (Å²) in [5, 5.41) is 3.52. The Kier molecular flexibility index (Phi) is 3.87. The zero-order valence-corrected chi connectivity index (χ0v) is 7.47. The number of nitrogens with two attached hydrogens (primary N) is 1. The van der Waals surface area contributed by atoms with Crippen LogP contribution in [0, 0.1) is 5.92 Å². The lowest BCUT2D eigenvalue weighted by Crippen LogP contribution is -2.19. The molecule has 1 aliphatic rings. The summed E-state index contributed by atoms with van der Waals surface area (Å²) in [5.74, 6) is 0.935. The molecule has 0 aromatic rings. The van der Waals surface area contributed by atoms with Crippen molar-refractivity contribution in [3.63, 3.8) is 0 Å². The molecule has 0 amide bonds. The molecule has 2 unspecified atom stereocenters. The summed E-state index contributed by atoms with van der Waals surface area (Å²) in [4.78, 5) is 0. The molecule has 0 saturated heterocycles. The van der Waals surface area contributed by atoms with E-state index in [2.05, 4.69) is 12.2 Å². The first-order chi connectivity index (χ1) is 5.34. The highest BCUT2D eigenvalue weighted by molar-refractivity contribution is 4.89. The van der Waals surface area contributed by atoms with E-state index in [0.29, 0.717) is 0 Å². The third kappa shape index (κ3) is 3.73. The van der Waals surface area contributed by atoms with Crippen molar-refractivity contribution in [1.29, 1.82) is 0 Å². The van der Waals surface area contributed by atoms with E-state index >= 15 is 0 Å². The SMILES string of the molecule is CC1CC1NCCCCCN. The van der Waals surface area contributed by atoms with Gasteiger partial charge in [-0.2, -0.15) is 0 Å². The molecule has 1 saturated carbocycles. The summed E-state index contributed by atoms with van der Waals surface area (Å²) in [7, 11) is 0. The van der Waals surface area contributed by atoms with Crippen LogP contribution in [0.15, 0.2) is 0 Å². The second-order valence-corrected chi connectivity index (χ2v) is 3.62. The monoisotopic (exact) mass is 156 g/mol. The van der Waals surface area contributed by atoms with Crippen molar-refractivity contribution in [3.8, 4) is 0 Å². The van der Waals surface area contributed by atoms with E-state index in [9.17, 15) is 0 Å². The molecule has 0 bridgehead atoms. The first-order valence-corrected chi connectivity index (χ1v) is 4.78. The van der Waals surface area contributed by atoms with Gasteiger partial charge in [0.15, 0.2) is 0 Å². The van der Waals surface area contributed by atoms with Gasteiger partial charge in [0.05, 0.1) is 0 Å². The van der Waals surface area contributed by atoms with Crippen molar-refractivity contribution in [2.75, 3.05) is 13.1 Å². The molecule has 0 aromatic carbocycles. The zero-order valence-electron chi connectivity index (χ0n) is 7.47. The van der Waals surface area contributed by atoms with Crippen LogP contribution >= 0.6 is 0 Å². The Morgan fingerprint density at radius 3 is 2.64 bits per heavy atom. The van der Waals surface area contributed by atoms with Gasteiger partial charge in [0.1, 0.15) is 0 Å². The molecule has 3 N–H and O–H groups in total. The molecule has 1 aliphatic carbocycles. The van der Waals surface area contributed by atoms with Gasteiger partial charge in [0.2, 0.25) is 0 Å². The fraction of sp³-hybridized carbons (Fsp3) is 1.00. The molecule has 11 heavy (non-hydrogen) atoms. The molecule has 0 radical (unpaired) electrons. The smallest absolute Gasteiger partial charge is 0.00963 e. The quantitative estimate of drug-likeness (QED) is 0.565. The standard InChI is InChI=1S/C9H20N2/c1-8-7-9(8)11-6-4-2-3-5-10/h8-9,11H,2-7,10H2,1H3. The maximum absolute atomic E-state index is 5.38. The van der Waals surface area contributed by atoms with Crippen LogP contribution in [-0.4, -0.2) is 19.1 Å². The number of hydrogen-bond donors (Lipinski definition) is 2. The summed E-state index contributed by atoms with van der Waals surface area (Å²) in [6.07, 6.45) is 5.14. The highest BCUT2D eigenvalue weighted by atomic mass is 15.0. The zero-order chi connectivity index (χ0) is 8.10. The Morgan fingerprint density at radius 2 is 2.09 bits per heavy atom. The third-order valence-electron chi connectivity index (χ3n) is 2.40. The van der Waals surface area contributed by atoms with E-state index in [1.54, 1.807) is 0 Å². The van der Waals surface area contributed by atoms with Gasteiger partial charge in [-0.15, -0.1) is 0 Å². The van der Waals surface area contributed by atoms with Crippen molar-refractivity contribution in [2.24, 2.45) is 11.7 Å². The van der Waals surface area contributed by atoms with Gasteiger partial charge >= 0.3 is 0 Å². The van der Waals surface area contributed by atoms with Gasteiger partial charge in [0, 0.05) is 6.04 Å². The van der Waals surface area contributed by atoms with Gasteiger partial charge < -0.3 is 11.1 Å². The lowest BCUT2D eigenvalue weighted by molar-refractivity contribution is 0.589. The average molecular weight is 156 g/mol. The predicted molar refractivity (Wildman–Crippen MR) is 48.5 cm³/mol. The van der Waals surface area contributed by atoms with Gasteiger partial charge in [0.25, 0.3) is 0 Å². The topological polar surface area (TPSA) is 38.0 Å². The van der Waals surface area contributed by atoms with Crippen LogP contribution in [0.2, 0.25) is 0 Å². The van der Waals surface area contributed by atoms with Crippen molar-refractivity contribution >= 4 is 0 Å². The average Bonchev–Trinajstić information content (AvgIpc) is 2.67. The van der Waals surface area contributed by atoms with Gasteiger partial charge in [-0.25, -0.2) is 0 Å². The largest absolute Gasteiger partial charge is 0.330 e. The van der Waals surface area contributed by atoms with E-state index in [1.807, 2.05) is 0 Å². The summed E-state index contributed by atoms with van der Waals surface area (Å²) in [6, 6.07) is 0.841. The Morgan fingerprint density at radius 1 is 1.36 bits per heavy atom. The van der Waals surface area contributed by atoms with Crippen molar-refractivity contribution in [2.45, 2.75) is 38.6 Å². The lowest BCUT2D eigenvalue weighted by atomic mass is 10.2. The number of rotatable bonds is 6. The van der Waals surface area contributed by atoms with Crippen LogP contribution < -0.4 is 11.1 Å². The van der Waals surface area contributed by atoms with Crippen LogP contribution in [0.4, 0.5) is 0 Å². The first-order valence-electron chi connectivity index (χ1n) is 4.78. The van der Waals surface area contributed by atoms with Crippen LogP contribution in [0.5, 0.6) is 0 Å². The molecule has 66 valence electrons. The maximum atomic E-state index is 5.38. The highest BCUT2D eigenvalue weighted by Crippen LogP contribution is 2.28. The van der Waals surface area contributed by atoms with E-state index in [0.717, 1.165) is 18.5 Å². The molecule has 0 aliphatic heterocycles. The molecule has 2 heteroatoms. The molecular formula is C9H20N2. The minimum absolute atomic E-state index is 0.841. The molecule has 1 fully saturated rings. The van der Waals surface area contributed by atoms with Crippen LogP contribution in [0.25, 0.3) is 0 Å². The molecule has 2 nitrogen and oxygen atoms in total. The van der Waals surface area contributed by atoms with Crippen LogP contribution in [0.1, 0.15) is 32.6 Å². The Hall–Kier alpha value is -0.0800. The molecule has 0 spiro atoms. The van der Waals surface area contributed by atoms with Gasteiger partial charge in [-0.3, -0.25) is 0 Å². The third-order valence-corrected chi connectivity index (χ3v) is 2.40. The normalized spacial score (nSPS) is 28.9. The predicted octanol–water partition coefficient (Wildman–Crippen LogP) is 1.11. The van der Waals surface area contributed by atoms with E-state index in [1.165, 1.54) is 32.2 Å². The molecule has 0 aromatic heterocycles. The van der Waals surface area contributed by atoms with Crippen molar-refractivity contribution in [3.05, 3.63) is 0 Å². The van der Waals surface area contributed by atoms with Gasteiger partial charge in [-0.05, 0) is 38.3 Å². The summed E-state index contributed by atoms with van der Waals surface area (Å²) >= 11 is 0. The van der Waals surface area contributed by atoms with Crippen molar-refractivity contribution in [1.82, 2.24) is 5.32 Å². The minimum Gasteiger partial charge on any atom is -0.330 e.